The Morgan fingerprint density at radius 3 is 2.40 bits per heavy atom. The van der Waals surface area contributed by atoms with Crippen molar-refractivity contribution in [2.75, 3.05) is 0 Å². The van der Waals surface area contributed by atoms with Crippen molar-refractivity contribution in [1.82, 2.24) is 14.9 Å². The van der Waals surface area contributed by atoms with Gasteiger partial charge in [-0.15, -0.1) is 0 Å². The van der Waals surface area contributed by atoms with Crippen LogP contribution in [0.4, 0.5) is 5.69 Å². The van der Waals surface area contributed by atoms with Crippen molar-refractivity contribution in [3.63, 3.8) is 0 Å². The van der Waals surface area contributed by atoms with Gasteiger partial charge in [0, 0.05) is 43.7 Å². The van der Waals surface area contributed by atoms with E-state index in [4.69, 9.17) is 0 Å². The van der Waals surface area contributed by atoms with Crippen LogP contribution in [0.5, 0.6) is 0 Å². The normalized spacial score (nSPS) is 12.0. The molecule has 0 aliphatic carbocycles. The summed E-state index contributed by atoms with van der Waals surface area (Å²) in [5.74, 6) is 0. The average molecular weight is 336 g/mol. The van der Waals surface area contributed by atoms with Gasteiger partial charge in [0.25, 0.3) is 5.69 Å². The van der Waals surface area contributed by atoms with Crippen LogP contribution in [-0.2, 0) is 13.1 Å². The quantitative estimate of drug-likeness (QED) is 0.527. The van der Waals surface area contributed by atoms with Gasteiger partial charge in [-0.2, -0.15) is 0 Å². The van der Waals surface area contributed by atoms with Crippen LogP contribution in [0.15, 0.2) is 67.3 Å². The Bertz CT molecular complexity index is 812. The Hall–Kier alpha value is -2.99. The Labute approximate surface area is 146 Å². The van der Waals surface area contributed by atoms with Crippen molar-refractivity contribution < 1.29 is 4.92 Å². The van der Waals surface area contributed by atoms with Crippen LogP contribution in [0.3, 0.4) is 0 Å². The second-order valence-corrected chi connectivity index (χ2v) is 6.00. The van der Waals surface area contributed by atoms with E-state index < -0.39 is 0 Å². The van der Waals surface area contributed by atoms with Crippen molar-refractivity contribution in [3.05, 3.63) is 94.1 Å². The van der Waals surface area contributed by atoms with Gasteiger partial charge in [0.15, 0.2) is 0 Å². The third-order valence-corrected chi connectivity index (χ3v) is 4.16. The van der Waals surface area contributed by atoms with E-state index in [-0.39, 0.29) is 16.7 Å². The summed E-state index contributed by atoms with van der Waals surface area (Å²) in [7, 11) is 0. The molecule has 0 fully saturated rings. The molecule has 25 heavy (non-hydrogen) atoms. The molecule has 0 amide bonds. The molecule has 0 bridgehead atoms. The summed E-state index contributed by atoms with van der Waals surface area (Å²) >= 11 is 0. The first-order valence-corrected chi connectivity index (χ1v) is 8.13. The fraction of sp³-hybridized carbons (Fsp3) is 0.211. The number of hydrogen-bond acceptors (Lipinski definition) is 4. The van der Waals surface area contributed by atoms with E-state index in [2.05, 4.69) is 41.5 Å². The maximum atomic E-state index is 10.7. The Kier molecular flexibility index (Phi) is 5.20. The first-order valence-electron chi connectivity index (χ1n) is 8.13. The molecular formula is C19H20N4O2. The summed E-state index contributed by atoms with van der Waals surface area (Å²) in [6.45, 7) is 3.60. The highest BCUT2D eigenvalue weighted by atomic mass is 16.6. The lowest BCUT2D eigenvalue weighted by atomic mass is 10.1. The van der Waals surface area contributed by atoms with Crippen LogP contribution in [0.2, 0.25) is 0 Å². The van der Waals surface area contributed by atoms with E-state index in [0.29, 0.717) is 0 Å². The Morgan fingerprint density at radius 1 is 1.12 bits per heavy atom. The minimum Gasteiger partial charge on any atom is -0.333 e. The van der Waals surface area contributed by atoms with Gasteiger partial charge in [-0.3, -0.25) is 10.1 Å². The smallest absolute Gasteiger partial charge is 0.269 e. The molecule has 6 nitrogen and oxygen atoms in total. The highest BCUT2D eigenvalue weighted by Gasteiger charge is 2.08. The third kappa shape index (κ3) is 4.51. The summed E-state index contributed by atoms with van der Waals surface area (Å²) in [6.07, 6.45) is 5.53. The number of rotatable bonds is 7. The number of nitrogens with zero attached hydrogens (tertiary/aromatic N) is 3. The molecule has 0 aliphatic heterocycles. The molecule has 0 saturated heterocycles. The number of benzene rings is 2. The van der Waals surface area contributed by atoms with Crippen molar-refractivity contribution >= 4 is 5.69 Å². The maximum Gasteiger partial charge on any atom is 0.269 e. The van der Waals surface area contributed by atoms with E-state index >= 15 is 0 Å². The SMILES string of the molecule is C[C@@H](NCc1ccc(Cn2ccnc2)cc1)c1ccc([N+](=O)[O-])cc1. The van der Waals surface area contributed by atoms with E-state index in [9.17, 15) is 10.1 Å². The first kappa shape index (κ1) is 16.9. The Morgan fingerprint density at radius 2 is 1.80 bits per heavy atom. The summed E-state index contributed by atoms with van der Waals surface area (Å²) in [6, 6.07) is 15.3. The zero-order chi connectivity index (χ0) is 17.6. The van der Waals surface area contributed by atoms with Gasteiger partial charge in [0.2, 0.25) is 0 Å². The molecule has 3 aromatic rings. The lowest BCUT2D eigenvalue weighted by molar-refractivity contribution is -0.384. The van der Waals surface area contributed by atoms with Crippen molar-refractivity contribution in [3.8, 4) is 0 Å². The fourth-order valence-corrected chi connectivity index (χ4v) is 2.63. The lowest BCUT2D eigenvalue weighted by Crippen LogP contribution is -2.18. The van der Waals surface area contributed by atoms with Crippen LogP contribution in [0.1, 0.15) is 29.7 Å². The summed E-state index contributed by atoms with van der Waals surface area (Å²) < 4.78 is 2.03. The van der Waals surface area contributed by atoms with E-state index in [1.165, 1.54) is 11.1 Å². The molecular weight excluding hydrogens is 316 g/mol. The average Bonchev–Trinajstić information content (AvgIpc) is 3.14. The largest absolute Gasteiger partial charge is 0.333 e. The van der Waals surface area contributed by atoms with Crippen LogP contribution >= 0.6 is 0 Å². The monoisotopic (exact) mass is 336 g/mol. The van der Waals surface area contributed by atoms with Gasteiger partial charge in [-0.1, -0.05) is 36.4 Å². The zero-order valence-electron chi connectivity index (χ0n) is 14.0. The number of nitro benzene ring substituents is 1. The van der Waals surface area contributed by atoms with Gasteiger partial charge >= 0.3 is 0 Å². The molecule has 1 heterocycles. The zero-order valence-corrected chi connectivity index (χ0v) is 14.0. The highest BCUT2D eigenvalue weighted by molar-refractivity contribution is 5.34. The van der Waals surface area contributed by atoms with Crippen molar-refractivity contribution in [2.24, 2.45) is 0 Å². The topological polar surface area (TPSA) is 73.0 Å². The second-order valence-electron chi connectivity index (χ2n) is 6.00. The summed E-state index contributed by atoms with van der Waals surface area (Å²) in [5.41, 5.74) is 3.57. The number of hydrogen-bond donors (Lipinski definition) is 1. The molecule has 1 aromatic heterocycles. The number of non-ortho nitro benzene ring substituents is 1. The molecule has 0 radical (unpaired) electrons. The number of aromatic nitrogens is 2. The minimum atomic E-state index is -0.382. The summed E-state index contributed by atoms with van der Waals surface area (Å²) in [5, 5.41) is 14.1. The van der Waals surface area contributed by atoms with E-state index in [1.807, 2.05) is 10.8 Å². The minimum absolute atomic E-state index is 0.115. The molecule has 0 spiro atoms. The van der Waals surface area contributed by atoms with Crippen LogP contribution < -0.4 is 5.32 Å². The lowest BCUT2D eigenvalue weighted by Gasteiger charge is -2.14. The maximum absolute atomic E-state index is 10.7. The highest BCUT2D eigenvalue weighted by Crippen LogP contribution is 2.18. The molecule has 0 saturated carbocycles. The second kappa shape index (κ2) is 7.72. The fourth-order valence-electron chi connectivity index (χ4n) is 2.63. The Balaban J connectivity index is 1.54. The molecule has 1 atom stereocenters. The first-order chi connectivity index (χ1) is 12.1. The third-order valence-electron chi connectivity index (χ3n) is 4.16. The molecule has 1 N–H and O–H groups in total. The van der Waals surface area contributed by atoms with E-state index in [1.54, 1.807) is 36.8 Å². The standard InChI is InChI=1S/C19H20N4O2/c1-15(18-6-8-19(9-7-18)23(24)25)21-12-16-2-4-17(5-3-16)13-22-11-10-20-14-22/h2-11,14-15,21H,12-13H2,1H3/t15-/m1/s1. The number of nitro groups is 1. The van der Waals surface area contributed by atoms with Crippen molar-refractivity contribution in [2.45, 2.75) is 26.1 Å². The van der Waals surface area contributed by atoms with Crippen LogP contribution in [-0.4, -0.2) is 14.5 Å². The van der Waals surface area contributed by atoms with Gasteiger partial charge in [0.05, 0.1) is 11.3 Å². The summed E-state index contributed by atoms with van der Waals surface area (Å²) in [4.78, 5) is 14.4. The van der Waals surface area contributed by atoms with Gasteiger partial charge in [0.1, 0.15) is 0 Å². The molecule has 2 aromatic carbocycles. The van der Waals surface area contributed by atoms with Crippen LogP contribution in [0.25, 0.3) is 0 Å². The van der Waals surface area contributed by atoms with Crippen molar-refractivity contribution in [1.29, 1.82) is 0 Å². The predicted molar refractivity (Wildman–Crippen MR) is 96.1 cm³/mol. The molecule has 6 heteroatoms. The molecule has 3 rings (SSSR count). The number of nitrogens with one attached hydrogen (secondary N) is 1. The van der Waals surface area contributed by atoms with Gasteiger partial charge < -0.3 is 9.88 Å². The molecule has 0 unspecified atom stereocenters. The number of imidazole rings is 1. The molecule has 128 valence electrons. The molecule has 0 aliphatic rings. The van der Waals surface area contributed by atoms with Crippen LogP contribution in [0, 0.1) is 10.1 Å². The van der Waals surface area contributed by atoms with E-state index in [0.717, 1.165) is 18.7 Å². The predicted octanol–water partition coefficient (Wildman–Crippen LogP) is 3.69. The van der Waals surface area contributed by atoms with Gasteiger partial charge in [-0.05, 0) is 23.6 Å². The van der Waals surface area contributed by atoms with Gasteiger partial charge in [-0.25, -0.2) is 4.98 Å².